The van der Waals surface area contributed by atoms with Crippen molar-refractivity contribution in [3.05, 3.63) is 76.6 Å². The highest BCUT2D eigenvalue weighted by Crippen LogP contribution is 2.64. The number of likely N-dealkylation sites (N-methyl/N-ethyl adjacent to an activating group) is 1. The molecule has 2 aliphatic heterocycles. The van der Waals surface area contributed by atoms with Gasteiger partial charge in [-0.2, -0.15) is 0 Å². The molecule has 7 atom stereocenters. The number of aliphatic hydroxyl groups is 3. The normalized spacial score (nSPS) is 27.6. The lowest BCUT2D eigenvalue weighted by molar-refractivity contribution is -0.178. The highest BCUT2D eigenvalue weighted by Gasteiger charge is 2.70. The van der Waals surface area contributed by atoms with Crippen molar-refractivity contribution in [2.45, 2.75) is 87.1 Å². The van der Waals surface area contributed by atoms with E-state index in [2.05, 4.69) is 4.90 Å². The van der Waals surface area contributed by atoms with Crippen LogP contribution in [0.25, 0.3) is 0 Å². The monoisotopic (exact) mass is 651 g/mol. The van der Waals surface area contributed by atoms with Crippen LogP contribution in [-0.4, -0.2) is 92.8 Å². The predicted molar refractivity (Wildman–Crippen MR) is 161 cm³/mol. The molecule has 2 aromatic rings. The quantitative estimate of drug-likeness (QED) is 0.214. The van der Waals surface area contributed by atoms with Crippen molar-refractivity contribution in [3.63, 3.8) is 0 Å². The average molecular weight is 652 g/mol. The van der Waals surface area contributed by atoms with E-state index in [1.807, 2.05) is 13.1 Å². The summed E-state index contributed by atoms with van der Waals surface area (Å²) in [7, 11) is 1.98. The first kappa shape index (κ1) is 32.6. The second kappa shape index (κ2) is 12.4. The van der Waals surface area contributed by atoms with Gasteiger partial charge in [-0.25, -0.2) is 14.4 Å². The Morgan fingerprint density at radius 1 is 1.09 bits per heavy atom. The van der Waals surface area contributed by atoms with Gasteiger partial charge in [0.25, 0.3) is 0 Å². The first-order valence-corrected chi connectivity index (χ1v) is 15.5. The number of hydrogen-bond donors (Lipinski definition) is 4. The minimum absolute atomic E-state index is 0.0803. The number of esters is 3. The molecule has 1 fully saturated rings. The minimum Gasteiger partial charge on any atom is -0.481 e. The van der Waals surface area contributed by atoms with E-state index in [0.29, 0.717) is 24.2 Å². The summed E-state index contributed by atoms with van der Waals surface area (Å²) < 4.78 is 22.3. The second-order valence-corrected chi connectivity index (χ2v) is 12.6. The molecule has 47 heavy (non-hydrogen) atoms. The predicted octanol–water partition coefficient (Wildman–Crippen LogP) is 1.44. The molecule has 1 saturated heterocycles. The van der Waals surface area contributed by atoms with Crippen LogP contribution in [0.15, 0.2) is 54.3 Å². The van der Waals surface area contributed by atoms with E-state index in [0.717, 1.165) is 31.0 Å². The molecule has 0 saturated carbocycles. The van der Waals surface area contributed by atoms with Crippen molar-refractivity contribution in [2.75, 3.05) is 13.6 Å². The van der Waals surface area contributed by atoms with E-state index >= 15 is 0 Å². The smallest absolute Gasteiger partial charge is 0.353 e. The number of likely N-dealkylation sites (tertiary alicyclic amines) is 1. The molecule has 2 bridgehead atoms. The van der Waals surface area contributed by atoms with E-state index in [-0.39, 0.29) is 30.4 Å². The fourth-order valence-electron chi connectivity index (χ4n) is 7.66. The van der Waals surface area contributed by atoms with Crippen LogP contribution in [-0.2, 0) is 51.8 Å². The van der Waals surface area contributed by atoms with Crippen LogP contribution in [0.3, 0.4) is 0 Å². The zero-order valence-corrected chi connectivity index (χ0v) is 26.0. The Morgan fingerprint density at radius 2 is 1.83 bits per heavy atom. The Balaban J connectivity index is 1.21. The van der Waals surface area contributed by atoms with Gasteiger partial charge >= 0.3 is 23.9 Å². The molecule has 4 N–H and O–H groups in total. The number of aliphatic carboxylic acids is 1. The molecular weight excluding hydrogens is 614 g/mol. The molecular formula is C34H37NO12. The standard InChI is InChI=1S/C34H37NO12/c1-18(30(39)40)44-32(42)28(19-7-4-3-5-8-19)46-25(38)16-22(37)31(41)45-23-11-13-34(43)24-15-20-9-10-21(17-36)27-26(20)33(34,29(23)47-27)12-6-14-35(24)2/h3-5,7-11,18,22,24,28-29,36-37,43H,6,12-17H2,1-2H3,(H,39,40)/t18-,22-,24+,28-,29-,33-,34+/m0/s1. The SMILES string of the molecule is C[C@H](OC(=O)[C@@H](OC(=O)C[C@H](O)C(=O)OC1=CC[C@@]2(O)[C@H]3Cc4ccc(CO)c5c4[C@@]2(CCCN3C)[C@H]1O5)c1ccccc1)C(=O)O. The Morgan fingerprint density at radius 3 is 2.53 bits per heavy atom. The van der Waals surface area contributed by atoms with Crippen molar-refractivity contribution in [2.24, 2.45) is 0 Å². The Hall–Kier alpha value is -4.30. The number of carbonyl (C=O) groups excluding carboxylic acids is 3. The van der Waals surface area contributed by atoms with Crippen LogP contribution in [0.4, 0.5) is 0 Å². The number of nitrogens with zero attached hydrogens (tertiary/aromatic N) is 1. The number of carboxylic acid groups (broad SMARTS) is 1. The molecule has 13 heteroatoms. The molecule has 2 aliphatic carbocycles. The maximum absolute atomic E-state index is 13.2. The summed E-state index contributed by atoms with van der Waals surface area (Å²) in [6, 6.07) is 11.3. The van der Waals surface area contributed by atoms with E-state index in [4.69, 9.17) is 24.1 Å². The fraction of sp³-hybridized carbons (Fsp3) is 0.471. The third-order valence-corrected chi connectivity index (χ3v) is 9.91. The van der Waals surface area contributed by atoms with Crippen molar-refractivity contribution >= 4 is 23.9 Å². The summed E-state index contributed by atoms with van der Waals surface area (Å²) in [6.45, 7) is 1.59. The molecule has 0 radical (unpaired) electrons. The Kier molecular flexibility index (Phi) is 8.60. The van der Waals surface area contributed by atoms with Gasteiger partial charge in [0.05, 0.1) is 24.0 Å². The van der Waals surface area contributed by atoms with Crippen LogP contribution in [0.2, 0.25) is 0 Å². The van der Waals surface area contributed by atoms with Crippen LogP contribution in [0.1, 0.15) is 61.0 Å². The number of hydrogen-bond acceptors (Lipinski definition) is 12. The highest BCUT2D eigenvalue weighted by atomic mass is 16.6. The lowest BCUT2D eigenvalue weighted by Crippen LogP contribution is -2.69. The van der Waals surface area contributed by atoms with Gasteiger partial charge in [-0.1, -0.05) is 42.5 Å². The van der Waals surface area contributed by atoms with Crippen molar-refractivity contribution < 1.29 is 58.6 Å². The van der Waals surface area contributed by atoms with E-state index < -0.39 is 65.7 Å². The van der Waals surface area contributed by atoms with Gasteiger partial charge in [0, 0.05) is 29.2 Å². The van der Waals surface area contributed by atoms with Gasteiger partial charge < -0.3 is 44.3 Å². The highest BCUT2D eigenvalue weighted by molar-refractivity contribution is 5.86. The number of aliphatic hydroxyl groups excluding tert-OH is 2. The molecule has 13 nitrogen and oxygen atoms in total. The summed E-state index contributed by atoms with van der Waals surface area (Å²) in [6.07, 6.45) is -3.45. The van der Waals surface area contributed by atoms with Gasteiger partial charge in [0.15, 0.2) is 18.3 Å². The van der Waals surface area contributed by atoms with Gasteiger partial charge in [-0.3, -0.25) is 4.79 Å². The van der Waals surface area contributed by atoms with Crippen molar-refractivity contribution in [3.8, 4) is 5.75 Å². The molecule has 6 rings (SSSR count). The van der Waals surface area contributed by atoms with Crippen LogP contribution in [0, 0.1) is 0 Å². The summed E-state index contributed by atoms with van der Waals surface area (Å²) in [4.78, 5) is 52.2. The second-order valence-electron chi connectivity index (χ2n) is 12.6. The number of carboxylic acids is 1. The third-order valence-electron chi connectivity index (χ3n) is 9.91. The van der Waals surface area contributed by atoms with Crippen LogP contribution in [0.5, 0.6) is 5.75 Å². The van der Waals surface area contributed by atoms with E-state index in [9.17, 15) is 34.5 Å². The van der Waals surface area contributed by atoms with Crippen LogP contribution >= 0.6 is 0 Å². The zero-order valence-electron chi connectivity index (χ0n) is 26.0. The fourth-order valence-corrected chi connectivity index (χ4v) is 7.66. The zero-order chi connectivity index (χ0) is 33.7. The summed E-state index contributed by atoms with van der Waals surface area (Å²) in [5.74, 6) is -4.32. The number of carbonyl (C=O) groups is 4. The van der Waals surface area contributed by atoms with Gasteiger partial charge in [-0.05, 0) is 51.4 Å². The lowest BCUT2D eigenvalue weighted by atomic mass is 9.52. The third kappa shape index (κ3) is 5.36. The summed E-state index contributed by atoms with van der Waals surface area (Å²) >= 11 is 0. The molecule has 250 valence electrons. The van der Waals surface area contributed by atoms with Gasteiger partial charge in [0.2, 0.25) is 6.10 Å². The van der Waals surface area contributed by atoms with E-state index in [1.54, 1.807) is 30.3 Å². The molecule has 2 heterocycles. The minimum atomic E-state index is -2.00. The van der Waals surface area contributed by atoms with Crippen molar-refractivity contribution in [1.82, 2.24) is 4.90 Å². The molecule has 2 aromatic carbocycles. The van der Waals surface area contributed by atoms with Gasteiger partial charge in [0.1, 0.15) is 11.5 Å². The summed E-state index contributed by atoms with van der Waals surface area (Å²) in [5, 5.41) is 42.4. The Bertz CT molecular complexity index is 1620. The molecule has 0 amide bonds. The number of rotatable bonds is 10. The van der Waals surface area contributed by atoms with Crippen molar-refractivity contribution in [1.29, 1.82) is 0 Å². The number of ether oxygens (including phenoxy) is 4. The number of benzene rings is 2. The first-order chi connectivity index (χ1) is 22.4. The summed E-state index contributed by atoms with van der Waals surface area (Å²) in [5.41, 5.74) is 0.281. The largest absolute Gasteiger partial charge is 0.481 e. The van der Waals surface area contributed by atoms with Crippen LogP contribution < -0.4 is 4.74 Å². The van der Waals surface area contributed by atoms with Gasteiger partial charge in [-0.15, -0.1) is 0 Å². The first-order valence-electron chi connectivity index (χ1n) is 15.5. The lowest BCUT2D eigenvalue weighted by Gasteiger charge is -2.56. The average Bonchev–Trinajstić information content (AvgIpc) is 3.39. The molecule has 0 unspecified atom stereocenters. The molecule has 4 aliphatic rings. The maximum atomic E-state index is 13.2. The molecule has 1 spiro atoms. The Labute approximate surface area is 270 Å². The maximum Gasteiger partial charge on any atom is 0.353 e. The van der Waals surface area contributed by atoms with E-state index in [1.165, 1.54) is 12.1 Å². The molecule has 0 aromatic heterocycles. The topological polar surface area (TPSA) is 189 Å².